The molecule has 0 saturated carbocycles. The van der Waals surface area contributed by atoms with E-state index in [1.807, 2.05) is 0 Å². The molecule has 1 aliphatic heterocycles. The SMILES string of the molecule is CCOC(=O)C1=C(N)Oc2c(c(=O)oc3ccccc23)C1. The Morgan fingerprint density at radius 2 is 2.14 bits per heavy atom. The topological polar surface area (TPSA) is 91.8 Å². The summed E-state index contributed by atoms with van der Waals surface area (Å²) in [5, 5.41) is 0.637. The van der Waals surface area contributed by atoms with Crippen molar-refractivity contribution in [3.05, 3.63) is 51.7 Å². The first kappa shape index (κ1) is 13.2. The fraction of sp³-hybridized carbons (Fsp3) is 0.200. The van der Waals surface area contributed by atoms with Crippen LogP contribution in [-0.4, -0.2) is 12.6 Å². The van der Waals surface area contributed by atoms with Gasteiger partial charge in [0.15, 0.2) is 5.75 Å². The summed E-state index contributed by atoms with van der Waals surface area (Å²) in [6.45, 7) is 1.91. The predicted molar refractivity (Wildman–Crippen MR) is 74.7 cm³/mol. The molecule has 0 unspecified atom stereocenters. The van der Waals surface area contributed by atoms with E-state index in [0.717, 1.165) is 0 Å². The molecule has 1 aromatic carbocycles. The molecule has 6 nitrogen and oxygen atoms in total. The number of esters is 1. The van der Waals surface area contributed by atoms with Crippen LogP contribution in [0, 0.1) is 0 Å². The monoisotopic (exact) mass is 287 g/mol. The zero-order chi connectivity index (χ0) is 15.0. The van der Waals surface area contributed by atoms with Crippen LogP contribution in [0.5, 0.6) is 5.75 Å². The van der Waals surface area contributed by atoms with Crippen LogP contribution in [0.2, 0.25) is 0 Å². The largest absolute Gasteiger partial charge is 0.462 e. The third-order valence-corrected chi connectivity index (χ3v) is 3.24. The van der Waals surface area contributed by atoms with Gasteiger partial charge in [0.2, 0.25) is 5.88 Å². The molecule has 0 atom stereocenters. The molecule has 108 valence electrons. The molecule has 0 amide bonds. The van der Waals surface area contributed by atoms with Crippen LogP contribution in [0.25, 0.3) is 11.0 Å². The van der Waals surface area contributed by atoms with Gasteiger partial charge in [-0.05, 0) is 19.1 Å². The van der Waals surface area contributed by atoms with E-state index < -0.39 is 11.6 Å². The van der Waals surface area contributed by atoms with Crippen molar-refractivity contribution in [3.8, 4) is 5.75 Å². The van der Waals surface area contributed by atoms with E-state index in [9.17, 15) is 9.59 Å². The van der Waals surface area contributed by atoms with Gasteiger partial charge in [-0.3, -0.25) is 0 Å². The van der Waals surface area contributed by atoms with Crippen molar-refractivity contribution in [3.63, 3.8) is 0 Å². The summed E-state index contributed by atoms with van der Waals surface area (Å²) in [7, 11) is 0. The van der Waals surface area contributed by atoms with Gasteiger partial charge in [0.1, 0.15) is 11.2 Å². The van der Waals surface area contributed by atoms with Crippen molar-refractivity contribution >= 4 is 16.9 Å². The fourth-order valence-electron chi connectivity index (χ4n) is 2.26. The van der Waals surface area contributed by atoms with Gasteiger partial charge in [0, 0.05) is 6.42 Å². The van der Waals surface area contributed by atoms with Gasteiger partial charge in [0.25, 0.3) is 0 Å². The third-order valence-electron chi connectivity index (χ3n) is 3.24. The van der Waals surface area contributed by atoms with Crippen molar-refractivity contribution in [2.45, 2.75) is 13.3 Å². The van der Waals surface area contributed by atoms with Crippen LogP contribution >= 0.6 is 0 Å². The van der Waals surface area contributed by atoms with Crippen molar-refractivity contribution < 1.29 is 18.7 Å². The zero-order valence-corrected chi connectivity index (χ0v) is 11.3. The molecule has 1 aliphatic rings. The molecule has 2 aromatic rings. The van der Waals surface area contributed by atoms with E-state index in [1.54, 1.807) is 31.2 Å². The summed E-state index contributed by atoms with van der Waals surface area (Å²) in [6, 6.07) is 6.98. The number of benzene rings is 1. The standard InChI is InChI=1S/C15H13NO5/c1-2-19-14(17)10-7-9-12(21-13(10)16)8-5-3-4-6-11(8)20-15(9)18/h3-6H,2,7,16H2,1H3. The minimum atomic E-state index is -0.590. The number of ether oxygens (including phenoxy) is 2. The smallest absolute Gasteiger partial charge is 0.343 e. The average Bonchev–Trinajstić information content (AvgIpc) is 2.47. The molecule has 3 rings (SSSR count). The molecule has 2 N–H and O–H groups in total. The normalized spacial score (nSPS) is 13.8. The third kappa shape index (κ3) is 2.14. The lowest BCUT2D eigenvalue weighted by Crippen LogP contribution is -2.26. The lowest BCUT2D eigenvalue weighted by atomic mass is 10.0. The van der Waals surface area contributed by atoms with Crippen molar-refractivity contribution in [1.29, 1.82) is 0 Å². The molecule has 6 heteroatoms. The summed E-state index contributed by atoms with van der Waals surface area (Å²) in [4.78, 5) is 23.9. The highest BCUT2D eigenvalue weighted by Gasteiger charge is 2.28. The van der Waals surface area contributed by atoms with E-state index in [2.05, 4.69) is 0 Å². The molecule has 0 bridgehead atoms. The molecule has 2 heterocycles. The second-order valence-electron chi connectivity index (χ2n) is 4.54. The maximum Gasteiger partial charge on any atom is 0.343 e. The highest BCUT2D eigenvalue weighted by molar-refractivity contribution is 5.92. The molecule has 0 spiro atoms. The van der Waals surface area contributed by atoms with Gasteiger partial charge in [-0.15, -0.1) is 0 Å². The fourth-order valence-corrected chi connectivity index (χ4v) is 2.26. The number of hydrogen-bond donors (Lipinski definition) is 1. The molecule has 0 aliphatic carbocycles. The molecular weight excluding hydrogens is 274 g/mol. The maximum absolute atomic E-state index is 12.0. The summed E-state index contributed by atoms with van der Waals surface area (Å²) in [6.07, 6.45) is 0.0349. The van der Waals surface area contributed by atoms with Gasteiger partial charge in [0.05, 0.1) is 17.6 Å². The number of carbonyl (C=O) groups excluding carboxylic acids is 1. The Balaban J connectivity index is 2.15. The van der Waals surface area contributed by atoms with Crippen molar-refractivity contribution in [2.24, 2.45) is 5.73 Å². The van der Waals surface area contributed by atoms with Gasteiger partial charge < -0.3 is 19.6 Å². The number of para-hydroxylation sites is 1. The number of nitrogens with two attached hydrogens (primary N) is 1. The predicted octanol–water partition coefficient (Wildman–Crippen LogP) is 1.46. The molecule has 0 fully saturated rings. The molecular formula is C15H13NO5. The minimum Gasteiger partial charge on any atom is -0.462 e. The van der Waals surface area contributed by atoms with Crippen LogP contribution in [0.1, 0.15) is 12.5 Å². The quantitative estimate of drug-likeness (QED) is 0.664. The highest BCUT2D eigenvalue weighted by atomic mass is 16.5. The summed E-state index contributed by atoms with van der Waals surface area (Å²) in [5.74, 6) is -0.294. The first-order chi connectivity index (χ1) is 10.1. The number of hydrogen-bond acceptors (Lipinski definition) is 6. The Kier molecular flexibility index (Phi) is 3.13. The van der Waals surface area contributed by atoms with E-state index in [0.29, 0.717) is 16.7 Å². The Morgan fingerprint density at radius 1 is 1.38 bits per heavy atom. The molecule has 0 saturated heterocycles. The molecule has 21 heavy (non-hydrogen) atoms. The van der Waals surface area contributed by atoms with Crippen LogP contribution in [-0.2, 0) is 16.0 Å². The summed E-state index contributed by atoms with van der Waals surface area (Å²) >= 11 is 0. The number of carbonyl (C=O) groups is 1. The van der Waals surface area contributed by atoms with E-state index in [-0.39, 0.29) is 30.0 Å². The Hall–Kier alpha value is -2.76. The van der Waals surface area contributed by atoms with E-state index >= 15 is 0 Å². The Labute approximate surface area is 119 Å². The van der Waals surface area contributed by atoms with Crippen LogP contribution in [0.3, 0.4) is 0 Å². The first-order valence-electron chi connectivity index (χ1n) is 6.50. The number of fused-ring (bicyclic) bond motifs is 3. The van der Waals surface area contributed by atoms with Gasteiger partial charge in [-0.25, -0.2) is 9.59 Å². The van der Waals surface area contributed by atoms with E-state index in [4.69, 9.17) is 19.6 Å². The average molecular weight is 287 g/mol. The molecule has 1 aromatic heterocycles. The van der Waals surface area contributed by atoms with Gasteiger partial charge in [-0.1, -0.05) is 12.1 Å². The van der Waals surface area contributed by atoms with Crippen LogP contribution < -0.4 is 16.1 Å². The summed E-state index contributed by atoms with van der Waals surface area (Å²) in [5.41, 5.74) is 6.06. The van der Waals surface area contributed by atoms with Crippen molar-refractivity contribution in [2.75, 3.05) is 6.61 Å². The maximum atomic E-state index is 12.0. The van der Waals surface area contributed by atoms with Crippen LogP contribution in [0.4, 0.5) is 0 Å². The first-order valence-corrected chi connectivity index (χ1v) is 6.50. The Morgan fingerprint density at radius 3 is 2.90 bits per heavy atom. The van der Waals surface area contributed by atoms with Crippen LogP contribution in [0.15, 0.2) is 44.9 Å². The van der Waals surface area contributed by atoms with Crippen molar-refractivity contribution in [1.82, 2.24) is 0 Å². The summed E-state index contributed by atoms with van der Waals surface area (Å²) < 4.78 is 15.6. The Bertz CT molecular complexity index is 818. The zero-order valence-electron chi connectivity index (χ0n) is 11.3. The molecule has 0 radical (unpaired) electrons. The lowest BCUT2D eigenvalue weighted by Gasteiger charge is -2.20. The minimum absolute atomic E-state index is 0.0349. The second kappa shape index (κ2) is 4.97. The lowest BCUT2D eigenvalue weighted by molar-refractivity contribution is -0.138. The highest BCUT2D eigenvalue weighted by Crippen LogP contribution is 2.33. The van der Waals surface area contributed by atoms with Gasteiger partial charge >= 0.3 is 11.6 Å². The van der Waals surface area contributed by atoms with Gasteiger partial charge in [-0.2, -0.15) is 0 Å². The van der Waals surface area contributed by atoms with E-state index in [1.165, 1.54) is 0 Å². The second-order valence-corrected chi connectivity index (χ2v) is 4.54. The number of rotatable bonds is 2.